The molecule has 2 amide bonds. The van der Waals surface area contributed by atoms with Crippen LogP contribution < -0.4 is 5.32 Å². The molecule has 0 aliphatic heterocycles. The van der Waals surface area contributed by atoms with Crippen molar-refractivity contribution < 1.29 is 24.2 Å². The van der Waals surface area contributed by atoms with E-state index in [0.29, 0.717) is 39.5 Å². The summed E-state index contributed by atoms with van der Waals surface area (Å²) in [5.41, 5.74) is -0.445. The lowest BCUT2D eigenvalue weighted by Crippen LogP contribution is -2.46. The van der Waals surface area contributed by atoms with E-state index >= 15 is 0 Å². The number of ether oxygens (including phenoxy) is 2. The zero-order valence-electron chi connectivity index (χ0n) is 12.9. The van der Waals surface area contributed by atoms with Crippen molar-refractivity contribution >= 4 is 27.9 Å². The van der Waals surface area contributed by atoms with Gasteiger partial charge in [0, 0.05) is 18.6 Å². The van der Waals surface area contributed by atoms with Crippen LogP contribution in [-0.2, 0) is 14.3 Å². The second-order valence-electron chi connectivity index (χ2n) is 5.31. The van der Waals surface area contributed by atoms with Crippen molar-refractivity contribution in [2.24, 2.45) is 0 Å². The topological polar surface area (TPSA) is 88.1 Å². The molecular weight excluding hydrogens is 344 g/mol. The fraction of sp³-hybridized carbons (Fsp3) is 0.846. The Morgan fingerprint density at radius 3 is 2.19 bits per heavy atom. The van der Waals surface area contributed by atoms with Crippen molar-refractivity contribution in [3.05, 3.63) is 0 Å². The Morgan fingerprint density at radius 1 is 1.14 bits per heavy atom. The Hall–Kier alpha value is -0.860. The minimum atomic E-state index is -0.954. The standard InChI is InChI=1S/C13H25BrN2O5/c1-13(2,3)16(12(18)19)5-7-21-9-8-20-6-4-15-11(17)10-14/h4-10H2,1-3H3,(H,15,17)(H,18,19). The van der Waals surface area contributed by atoms with E-state index in [-0.39, 0.29) is 11.2 Å². The van der Waals surface area contributed by atoms with Crippen LogP contribution in [0.5, 0.6) is 0 Å². The molecule has 7 nitrogen and oxygen atoms in total. The summed E-state index contributed by atoms with van der Waals surface area (Å²) in [6, 6.07) is 0. The van der Waals surface area contributed by atoms with Crippen LogP contribution in [0.3, 0.4) is 0 Å². The van der Waals surface area contributed by atoms with Crippen LogP contribution in [0.4, 0.5) is 4.79 Å². The van der Waals surface area contributed by atoms with Crippen molar-refractivity contribution in [3.63, 3.8) is 0 Å². The summed E-state index contributed by atoms with van der Waals surface area (Å²) < 4.78 is 10.6. The van der Waals surface area contributed by atoms with Crippen LogP contribution in [-0.4, -0.2) is 72.4 Å². The number of carboxylic acid groups (broad SMARTS) is 1. The Kier molecular flexibility index (Phi) is 10.4. The molecule has 21 heavy (non-hydrogen) atoms. The number of halogens is 1. The first-order valence-corrected chi connectivity index (χ1v) is 7.90. The molecule has 8 heteroatoms. The molecule has 0 aliphatic carbocycles. The van der Waals surface area contributed by atoms with Gasteiger partial charge in [0.05, 0.1) is 31.8 Å². The number of amides is 2. The van der Waals surface area contributed by atoms with Crippen LogP contribution in [0.2, 0.25) is 0 Å². The van der Waals surface area contributed by atoms with Crippen LogP contribution in [0, 0.1) is 0 Å². The first-order valence-electron chi connectivity index (χ1n) is 6.77. The molecule has 0 heterocycles. The molecule has 0 spiro atoms. The van der Waals surface area contributed by atoms with E-state index in [9.17, 15) is 9.59 Å². The number of hydrogen-bond donors (Lipinski definition) is 2. The number of carbonyl (C=O) groups is 2. The predicted molar refractivity (Wildman–Crippen MR) is 82.9 cm³/mol. The van der Waals surface area contributed by atoms with Gasteiger partial charge in [0.1, 0.15) is 0 Å². The summed E-state index contributed by atoms with van der Waals surface area (Å²) in [5, 5.41) is 12.0. The minimum Gasteiger partial charge on any atom is -0.465 e. The van der Waals surface area contributed by atoms with Gasteiger partial charge in [-0.15, -0.1) is 0 Å². The molecule has 0 unspecified atom stereocenters. The third kappa shape index (κ3) is 10.5. The molecule has 0 atom stereocenters. The number of rotatable bonds is 10. The summed E-state index contributed by atoms with van der Waals surface area (Å²) in [6.07, 6.45) is -0.954. The van der Waals surface area contributed by atoms with E-state index in [1.165, 1.54) is 4.90 Å². The SMILES string of the molecule is CC(C)(C)N(CCOCCOCCNC(=O)CBr)C(=O)O. The summed E-state index contributed by atoms with van der Waals surface area (Å²) in [5.74, 6) is -0.0780. The third-order valence-electron chi connectivity index (χ3n) is 2.56. The van der Waals surface area contributed by atoms with E-state index in [0.717, 1.165) is 0 Å². The van der Waals surface area contributed by atoms with Crippen LogP contribution in [0.25, 0.3) is 0 Å². The lowest BCUT2D eigenvalue weighted by Gasteiger charge is -2.32. The number of carbonyl (C=O) groups excluding carboxylic acids is 1. The number of nitrogens with zero attached hydrogens (tertiary/aromatic N) is 1. The van der Waals surface area contributed by atoms with Gasteiger partial charge >= 0.3 is 6.09 Å². The molecule has 2 N–H and O–H groups in total. The van der Waals surface area contributed by atoms with Gasteiger partial charge in [0.25, 0.3) is 0 Å². The Bertz CT molecular complexity index is 320. The minimum absolute atomic E-state index is 0.0780. The fourth-order valence-electron chi connectivity index (χ4n) is 1.51. The van der Waals surface area contributed by atoms with E-state index in [1.54, 1.807) is 0 Å². The van der Waals surface area contributed by atoms with Crippen LogP contribution in [0.15, 0.2) is 0 Å². The second kappa shape index (κ2) is 10.8. The highest BCUT2D eigenvalue weighted by Crippen LogP contribution is 2.12. The smallest absolute Gasteiger partial charge is 0.407 e. The second-order valence-corrected chi connectivity index (χ2v) is 5.87. The van der Waals surface area contributed by atoms with Gasteiger partial charge < -0.3 is 24.8 Å². The van der Waals surface area contributed by atoms with Gasteiger partial charge in [0.15, 0.2) is 0 Å². The summed E-state index contributed by atoms with van der Waals surface area (Å²) >= 11 is 3.04. The van der Waals surface area contributed by atoms with Gasteiger partial charge in [-0.2, -0.15) is 0 Å². The van der Waals surface area contributed by atoms with Crippen LogP contribution >= 0.6 is 15.9 Å². The van der Waals surface area contributed by atoms with Gasteiger partial charge in [0.2, 0.25) is 5.91 Å². The zero-order chi connectivity index (χ0) is 16.3. The predicted octanol–water partition coefficient (Wildman–Crippen LogP) is 1.31. The van der Waals surface area contributed by atoms with E-state index < -0.39 is 11.6 Å². The molecule has 0 bridgehead atoms. The summed E-state index contributed by atoms with van der Waals surface area (Å²) in [6.45, 7) is 7.85. The highest BCUT2D eigenvalue weighted by atomic mass is 79.9. The number of alkyl halides is 1. The molecule has 0 saturated carbocycles. The average Bonchev–Trinajstić information content (AvgIpc) is 2.38. The number of nitrogens with one attached hydrogen (secondary N) is 1. The van der Waals surface area contributed by atoms with Crippen molar-refractivity contribution in [2.75, 3.05) is 44.8 Å². The molecule has 124 valence electrons. The molecule has 0 rings (SSSR count). The van der Waals surface area contributed by atoms with Crippen molar-refractivity contribution in [1.82, 2.24) is 10.2 Å². The maximum Gasteiger partial charge on any atom is 0.407 e. The lowest BCUT2D eigenvalue weighted by atomic mass is 10.1. The largest absolute Gasteiger partial charge is 0.465 e. The third-order valence-corrected chi connectivity index (χ3v) is 3.07. The first-order chi connectivity index (χ1) is 9.79. The van der Waals surface area contributed by atoms with E-state index in [1.807, 2.05) is 20.8 Å². The number of hydrogen-bond acceptors (Lipinski definition) is 4. The maximum atomic E-state index is 11.1. The van der Waals surface area contributed by atoms with Crippen molar-refractivity contribution in [3.8, 4) is 0 Å². The van der Waals surface area contributed by atoms with Gasteiger partial charge in [-0.3, -0.25) is 4.79 Å². The van der Waals surface area contributed by atoms with Crippen molar-refractivity contribution in [2.45, 2.75) is 26.3 Å². The Balaban J connectivity index is 3.55. The Morgan fingerprint density at radius 2 is 1.71 bits per heavy atom. The molecule has 0 aromatic rings. The van der Waals surface area contributed by atoms with E-state index in [4.69, 9.17) is 14.6 Å². The summed E-state index contributed by atoms with van der Waals surface area (Å²) in [7, 11) is 0. The zero-order valence-corrected chi connectivity index (χ0v) is 14.4. The van der Waals surface area contributed by atoms with Crippen LogP contribution in [0.1, 0.15) is 20.8 Å². The average molecular weight is 369 g/mol. The molecule has 0 aliphatic rings. The molecule has 0 aromatic heterocycles. The van der Waals surface area contributed by atoms with Crippen molar-refractivity contribution in [1.29, 1.82) is 0 Å². The fourth-order valence-corrected chi connectivity index (χ4v) is 1.70. The first kappa shape index (κ1) is 20.1. The molecular formula is C13H25BrN2O5. The molecule has 0 radical (unpaired) electrons. The lowest BCUT2D eigenvalue weighted by molar-refractivity contribution is -0.118. The van der Waals surface area contributed by atoms with Gasteiger partial charge in [-0.25, -0.2) is 4.79 Å². The molecule has 0 aromatic carbocycles. The molecule has 0 saturated heterocycles. The highest BCUT2D eigenvalue weighted by molar-refractivity contribution is 9.09. The quantitative estimate of drug-likeness (QED) is 0.448. The van der Waals surface area contributed by atoms with Gasteiger partial charge in [-0.1, -0.05) is 15.9 Å². The Labute approximate surface area is 134 Å². The molecule has 0 fully saturated rings. The summed E-state index contributed by atoms with van der Waals surface area (Å²) in [4.78, 5) is 23.3. The van der Waals surface area contributed by atoms with E-state index in [2.05, 4.69) is 21.2 Å². The highest BCUT2D eigenvalue weighted by Gasteiger charge is 2.25. The monoisotopic (exact) mass is 368 g/mol. The maximum absolute atomic E-state index is 11.1. The normalized spacial score (nSPS) is 11.2. The van der Waals surface area contributed by atoms with Gasteiger partial charge in [-0.05, 0) is 20.8 Å².